The Kier molecular flexibility index (Phi) is 6.40. The van der Waals surface area contributed by atoms with Crippen LogP contribution in [0.3, 0.4) is 0 Å². The summed E-state index contributed by atoms with van der Waals surface area (Å²) in [6, 6.07) is 14.5. The molecule has 2 aromatic carbocycles. The standard InChI is InChI=1S/C19H24O4S/c1-15(2)23-18-10-8-17(9-11-18)5-4-14-22-24(20,21)19-12-6-16(3)7-13-19/h6-13,15H,4-5,14H2,1-3H3. The number of ether oxygens (including phenoxy) is 1. The minimum absolute atomic E-state index is 0.149. The first-order valence-electron chi connectivity index (χ1n) is 8.08. The molecule has 0 aliphatic heterocycles. The molecule has 130 valence electrons. The van der Waals surface area contributed by atoms with E-state index in [9.17, 15) is 8.42 Å². The van der Waals surface area contributed by atoms with Crippen LogP contribution in [0.5, 0.6) is 5.75 Å². The molecule has 0 atom stereocenters. The Morgan fingerprint density at radius 2 is 1.58 bits per heavy atom. The number of aryl methyl sites for hydroxylation is 2. The second kappa shape index (κ2) is 8.31. The first-order valence-corrected chi connectivity index (χ1v) is 9.49. The molecule has 0 aliphatic carbocycles. The molecule has 4 nitrogen and oxygen atoms in total. The summed E-state index contributed by atoms with van der Waals surface area (Å²) >= 11 is 0. The molecule has 0 bridgehead atoms. The van der Waals surface area contributed by atoms with Crippen molar-refractivity contribution in [3.63, 3.8) is 0 Å². The van der Waals surface area contributed by atoms with E-state index in [0.29, 0.717) is 6.42 Å². The highest BCUT2D eigenvalue weighted by atomic mass is 32.2. The monoisotopic (exact) mass is 348 g/mol. The zero-order valence-electron chi connectivity index (χ0n) is 14.4. The zero-order valence-corrected chi connectivity index (χ0v) is 15.2. The Hall–Kier alpha value is -1.85. The van der Waals surface area contributed by atoms with Crippen molar-refractivity contribution in [1.82, 2.24) is 0 Å². The van der Waals surface area contributed by atoms with E-state index in [2.05, 4.69) is 0 Å². The first-order chi connectivity index (χ1) is 11.4. The predicted molar refractivity (Wildman–Crippen MR) is 94.8 cm³/mol. The van der Waals surface area contributed by atoms with Crippen molar-refractivity contribution in [1.29, 1.82) is 0 Å². The van der Waals surface area contributed by atoms with Crippen LogP contribution in [0.25, 0.3) is 0 Å². The lowest BCUT2D eigenvalue weighted by Gasteiger charge is -2.10. The summed E-state index contributed by atoms with van der Waals surface area (Å²) in [4.78, 5) is 0.197. The van der Waals surface area contributed by atoms with E-state index >= 15 is 0 Å². The van der Waals surface area contributed by atoms with Crippen LogP contribution in [0.2, 0.25) is 0 Å². The Morgan fingerprint density at radius 1 is 0.958 bits per heavy atom. The summed E-state index contributed by atoms with van der Waals surface area (Å²) in [6.45, 7) is 6.05. The van der Waals surface area contributed by atoms with Crippen LogP contribution in [0, 0.1) is 6.92 Å². The summed E-state index contributed by atoms with van der Waals surface area (Å²) in [5, 5.41) is 0. The van der Waals surface area contributed by atoms with Crippen molar-refractivity contribution in [3.8, 4) is 5.75 Å². The maximum Gasteiger partial charge on any atom is 0.296 e. The summed E-state index contributed by atoms with van der Waals surface area (Å²) in [5.41, 5.74) is 2.14. The lowest BCUT2D eigenvalue weighted by molar-refractivity contribution is 0.242. The normalized spacial score (nSPS) is 11.7. The van der Waals surface area contributed by atoms with Gasteiger partial charge in [0.05, 0.1) is 17.6 Å². The molecule has 0 aromatic heterocycles. The van der Waals surface area contributed by atoms with Crippen molar-refractivity contribution in [3.05, 3.63) is 59.7 Å². The molecule has 0 saturated heterocycles. The molecule has 0 aliphatic rings. The molecule has 2 aromatic rings. The van der Waals surface area contributed by atoms with E-state index < -0.39 is 10.1 Å². The largest absolute Gasteiger partial charge is 0.491 e. The Labute approximate surface area is 144 Å². The smallest absolute Gasteiger partial charge is 0.296 e. The van der Waals surface area contributed by atoms with Crippen LogP contribution in [0.4, 0.5) is 0 Å². The van der Waals surface area contributed by atoms with Crippen LogP contribution in [0.15, 0.2) is 53.4 Å². The molecule has 0 unspecified atom stereocenters. The van der Waals surface area contributed by atoms with Crippen LogP contribution in [-0.4, -0.2) is 21.1 Å². The van der Waals surface area contributed by atoms with Crippen molar-refractivity contribution in [2.45, 2.75) is 44.6 Å². The molecule has 5 heteroatoms. The van der Waals surface area contributed by atoms with Gasteiger partial charge in [-0.25, -0.2) is 0 Å². The van der Waals surface area contributed by atoms with Gasteiger partial charge in [-0.2, -0.15) is 8.42 Å². The van der Waals surface area contributed by atoms with Crippen molar-refractivity contribution in [2.75, 3.05) is 6.61 Å². The quantitative estimate of drug-likeness (QED) is 0.532. The van der Waals surface area contributed by atoms with Crippen LogP contribution < -0.4 is 4.74 Å². The highest BCUT2D eigenvalue weighted by Gasteiger charge is 2.14. The van der Waals surface area contributed by atoms with E-state index in [1.165, 1.54) is 0 Å². The number of rotatable bonds is 8. The SMILES string of the molecule is Cc1ccc(S(=O)(=O)OCCCc2ccc(OC(C)C)cc2)cc1. The summed E-state index contributed by atoms with van der Waals surface area (Å²) in [5.74, 6) is 0.840. The minimum atomic E-state index is -3.67. The highest BCUT2D eigenvalue weighted by Crippen LogP contribution is 2.16. The fourth-order valence-electron chi connectivity index (χ4n) is 2.22. The van der Waals surface area contributed by atoms with Gasteiger partial charge in [0, 0.05) is 0 Å². The average molecular weight is 348 g/mol. The van der Waals surface area contributed by atoms with Gasteiger partial charge in [0.2, 0.25) is 0 Å². The zero-order chi connectivity index (χ0) is 17.6. The van der Waals surface area contributed by atoms with Crippen LogP contribution >= 0.6 is 0 Å². The topological polar surface area (TPSA) is 52.6 Å². The molecule has 2 rings (SSSR count). The molecule has 0 saturated carbocycles. The molecular formula is C19H24O4S. The lowest BCUT2D eigenvalue weighted by atomic mass is 10.1. The van der Waals surface area contributed by atoms with Gasteiger partial charge in [-0.15, -0.1) is 0 Å². The summed E-state index contributed by atoms with van der Waals surface area (Å²) < 4.78 is 34.8. The third kappa shape index (κ3) is 5.65. The molecule has 0 radical (unpaired) electrons. The fourth-order valence-corrected chi connectivity index (χ4v) is 3.17. The van der Waals surface area contributed by atoms with Gasteiger partial charge in [0.25, 0.3) is 10.1 Å². The van der Waals surface area contributed by atoms with Gasteiger partial charge < -0.3 is 4.74 Å². The molecule has 0 heterocycles. The van der Waals surface area contributed by atoms with Gasteiger partial charge in [-0.05, 0) is 63.4 Å². The summed E-state index contributed by atoms with van der Waals surface area (Å²) in [7, 11) is -3.67. The van der Waals surface area contributed by atoms with E-state index in [-0.39, 0.29) is 17.6 Å². The summed E-state index contributed by atoms with van der Waals surface area (Å²) in [6.07, 6.45) is 1.54. The second-order valence-corrected chi connectivity index (χ2v) is 7.62. The molecule has 0 spiro atoms. The molecule has 0 fully saturated rings. The molecule has 0 N–H and O–H groups in total. The van der Waals surface area contributed by atoms with Gasteiger partial charge in [0.15, 0.2) is 0 Å². The highest BCUT2D eigenvalue weighted by molar-refractivity contribution is 7.86. The van der Waals surface area contributed by atoms with Crippen LogP contribution in [0.1, 0.15) is 31.4 Å². The molecular weight excluding hydrogens is 324 g/mol. The number of hydrogen-bond acceptors (Lipinski definition) is 4. The third-order valence-electron chi connectivity index (χ3n) is 3.45. The Morgan fingerprint density at radius 3 is 2.17 bits per heavy atom. The third-order valence-corrected chi connectivity index (χ3v) is 4.78. The number of benzene rings is 2. The Balaban J connectivity index is 1.81. The lowest BCUT2D eigenvalue weighted by Crippen LogP contribution is -2.08. The van der Waals surface area contributed by atoms with E-state index in [0.717, 1.165) is 23.3 Å². The fraction of sp³-hybridized carbons (Fsp3) is 0.368. The van der Waals surface area contributed by atoms with Crippen molar-refractivity contribution >= 4 is 10.1 Å². The van der Waals surface area contributed by atoms with Crippen molar-refractivity contribution < 1.29 is 17.3 Å². The first kappa shape index (κ1) is 18.5. The van der Waals surface area contributed by atoms with E-state index in [4.69, 9.17) is 8.92 Å². The van der Waals surface area contributed by atoms with Gasteiger partial charge in [-0.3, -0.25) is 4.18 Å². The predicted octanol–water partition coefficient (Wildman–Crippen LogP) is 4.12. The molecule has 0 amide bonds. The van der Waals surface area contributed by atoms with E-state index in [1.807, 2.05) is 45.0 Å². The molecule has 24 heavy (non-hydrogen) atoms. The van der Waals surface area contributed by atoms with Gasteiger partial charge >= 0.3 is 0 Å². The Bertz CT molecular complexity index is 732. The number of hydrogen-bond donors (Lipinski definition) is 0. The van der Waals surface area contributed by atoms with Crippen LogP contribution in [-0.2, 0) is 20.7 Å². The maximum absolute atomic E-state index is 12.1. The minimum Gasteiger partial charge on any atom is -0.491 e. The average Bonchev–Trinajstić information content (AvgIpc) is 2.53. The van der Waals surface area contributed by atoms with E-state index in [1.54, 1.807) is 24.3 Å². The van der Waals surface area contributed by atoms with Crippen molar-refractivity contribution in [2.24, 2.45) is 0 Å². The van der Waals surface area contributed by atoms with Gasteiger partial charge in [0.1, 0.15) is 5.75 Å². The second-order valence-electron chi connectivity index (χ2n) is 6.00. The maximum atomic E-state index is 12.1. The van der Waals surface area contributed by atoms with Gasteiger partial charge in [-0.1, -0.05) is 29.8 Å².